The zero-order chi connectivity index (χ0) is 59.3. The molecule has 0 aliphatic rings. The molecule has 0 radical (unpaired) electrons. The summed E-state index contributed by atoms with van der Waals surface area (Å²) in [5.74, 6) is -0.544. The molecule has 0 aliphatic carbocycles. The minimum absolute atomic E-state index is 0.0257. The van der Waals surface area contributed by atoms with Crippen LogP contribution in [0.3, 0.4) is 0 Å². The highest BCUT2D eigenvalue weighted by atomic mass is 31.2. The first-order chi connectivity index (χ1) is 39.4. The first-order valence-corrected chi connectivity index (χ1v) is 35.7. The van der Waals surface area contributed by atoms with Crippen molar-refractivity contribution >= 4 is 19.7 Å². The van der Waals surface area contributed by atoms with E-state index in [0.717, 1.165) is 89.9 Å². The maximum Gasteiger partial charge on any atom is 0.306 e. The molecule has 1 N–H and O–H groups in total. The van der Waals surface area contributed by atoms with E-state index in [9.17, 15) is 19.0 Å². The molecule has 9 nitrogen and oxygen atoms in total. The third kappa shape index (κ3) is 61.8. The fourth-order valence-corrected chi connectivity index (χ4v) is 10.5. The largest absolute Gasteiger partial charge is 0.756 e. The molecule has 0 saturated heterocycles. The molecule has 0 fully saturated rings. The van der Waals surface area contributed by atoms with Crippen molar-refractivity contribution in [2.24, 2.45) is 0 Å². The number of rotatable bonds is 62. The molecule has 1 amide bonds. The molecule has 472 valence electrons. The fourth-order valence-electron chi connectivity index (χ4n) is 9.80. The second-order valence-corrected chi connectivity index (χ2v) is 25.7. The van der Waals surface area contributed by atoms with E-state index in [4.69, 9.17) is 13.8 Å². The predicted molar refractivity (Wildman–Crippen MR) is 348 cm³/mol. The Morgan fingerprint density at radius 2 is 0.753 bits per heavy atom. The highest BCUT2D eigenvalue weighted by molar-refractivity contribution is 7.45. The van der Waals surface area contributed by atoms with Gasteiger partial charge in [-0.15, -0.1) is 0 Å². The Balaban J connectivity index is 5.19. The summed E-state index contributed by atoms with van der Waals surface area (Å²) in [5.41, 5.74) is 0. The zero-order valence-electron chi connectivity index (χ0n) is 54.0. The molecule has 0 rings (SSSR count). The minimum Gasteiger partial charge on any atom is -0.756 e. The van der Waals surface area contributed by atoms with Gasteiger partial charge in [-0.2, -0.15) is 0 Å². The summed E-state index contributed by atoms with van der Waals surface area (Å²) in [6.07, 6.45) is 78.6. The number of hydrogen-bond donors (Lipinski definition) is 1. The number of carbonyl (C=O) groups is 2. The van der Waals surface area contributed by atoms with Crippen molar-refractivity contribution in [3.8, 4) is 0 Å². The molecular formula is C71H131N2O7P. The average Bonchev–Trinajstić information content (AvgIpc) is 3.44. The van der Waals surface area contributed by atoms with Crippen LogP contribution in [0.5, 0.6) is 0 Å². The summed E-state index contributed by atoms with van der Waals surface area (Å²) < 4.78 is 30.4. The van der Waals surface area contributed by atoms with Gasteiger partial charge in [0.1, 0.15) is 19.3 Å². The molecular weight excluding hydrogens is 1020 g/mol. The SMILES string of the molecule is CCCCC/C=C\C/C=C\C/C=C\CCCCCCCCCCC(=O)NC(COP(=O)([O-])OCC[N+](C)(C)C)C(/C=C/CCCCCCCCCCCCC)OC(=O)CCCCCCCCCCCCC/C=C\C/C=C\CCCCC. The van der Waals surface area contributed by atoms with Gasteiger partial charge in [0.05, 0.1) is 33.8 Å². The lowest BCUT2D eigenvalue weighted by Crippen LogP contribution is -2.47. The quantitative estimate of drug-likeness (QED) is 0.0212. The number of nitrogens with zero attached hydrogens (tertiary/aromatic N) is 1. The van der Waals surface area contributed by atoms with E-state index in [1.54, 1.807) is 0 Å². The summed E-state index contributed by atoms with van der Waals surface area (Å²) >= 11 is 0. The first-order valence-electron chi connectivity index (χ1n) is 34.2. The van der Waals surface area contributed by atoms with Crippen LogP contribution in [0.2, 0.25) is 0 Å². The number of carbonyl (C=O) groups excluding carboxylic acids is 2. The standard InChI is InChI=1S/C71H131N2O7P/c1-7-10-13-16-19-22-25-28-30-32-34-36-38-40-42-45-48-51-54-57-60-63-70(74)72-68(67-79-81(76,77)78-66-65-73(4,5)6)69(62-59-56-53-50-47-44-27-24-21-18-15-12-9-3)80-71(75)64-61-58-55-52-49-46-43-41-39-37-35-33-31-29-26-23-20-17-14-11-8-2/h19-20,22-23,28-31,34,36,59,62,68-69H,7-18,21,24-27,32-33,35,37-58,60-61,63-67H2,1-6H3,(H-,72,74,76,77)/b22-19-,23-20-,30-28-,31-29-,36-34-,62-59+. The molecule has 10 heteroatoms. The van der Waals surface area contributed by atoms with E-state index in [0.29, 0.717) is 17.4 Å². The third-order valence-electron chi connectivity index (χ3n) is 15.1. The van der Waals surface area contributed by atoms with Crippen molar-refractivity contribution in [2.45, 2.75) is 328 Å². The maximum absolute atomic E-state index is 13.6. The second-order valence-electron chi connectivity index (χ2n) is 24.3. The number of phosphoric acid groups is 1. The van der Waals surface area contributed by atoms with Crippen molar-refractivity contribution in [2.75, 3.05) is 40.9 Å². The zero-order valence-corrected chi connectivity index (χ0v) is 54.9. The number of nitrogens with one attached hydrogen (secondary N) is 1. The van der Waals surface area contributed by atoms with Crippen molar-refractivity contribution in [3.05, 3.63) is 72.9 Å². The molecule has 0 aromatic heterocycles. The fraction of sp³-hybridized carbons (Fsp3) is 0.803. The van der Waals surface area contributed by atoms with E-state index in [-0.39, 0.29) is 24.9 Å². The molecule has 0 aromatic rings. The lowest BCUT2D eigenvalue weighted by molar-refractivity contribution is -0.870. The molecule has 0 bridgehead atoms. The van der Waals surface area contributed by atoms with Gasteiger partial charge in [0.25, 0.3) is 7.82 Å². The number of likely N-dealkylation sites (N-methyl/N-ethyl adjacent to an activating group) is 1. The van der Waals surface area contributed by atoms with Crippen LogP contribution < -0.4 is 10.2 Å². The van der Waals surface area contributed by atoms with Crippen molar-refractivity contribution in [1.82, 2.24) is 5.32 Å². The van der Waals surface area contributed by atoms with Gasteiger partial charge in [-0.25, -0.2) is 0 Å². The van der Waals surface area contributed by atoms with Crippen LogP contribution in [0, 0.1) is 0 Å². The maximum atomic E-state index is 13.6. The van der Waals surface area contributed by atoms with Gasteiger partial charge >= 0.3 is 5.97 Å². The van der Waals surface area contributed by atoms with Gasteiger partial charge in [0, 0.05) is 12.8 Å². The number of phosphoric ester groups is 1. The minimum atomic E-state index is -4.71. The number of quaternary nitrogens is 1. The van der Waals surface area contributed by atoms with Gasteiger partial charge in [0.2, 0.25) is 5.91 Å². The van der Waals surface area contributed by atoms with E-state index in [2.05, 4.69) is 86.8 Å². The van der Waals surface area contributed by atoms with Crippen molar-refractivity contribution < 1.29 is 37.3 Å². The Bertz CT molecular complexity index is 1620. The Morgan fingerprint density at radius 1 is 0.432 bits per heavy atom. The summed E-state index contributed by atoms with van der Waals surface area (Å²) in [5, 5.41) is 3.04. The van der Waals surface area contributed by atoms with Gasteiger partial charge in [-0.05, 0) is 102 Å². The highest BCUT2D eigenvalue weighted by Gasteiger charge is 2.27. The van der Waals surface area contributed by atoms with Crippen molar-refractivity contribution in [3.63, 3.8) is 0 Å². The lowest BCUT2D eigenvalue weighted by atomic mass is 10.0. The van der Waals surface area contributed by atoms with Crippen LogP contribution in [0.25, 0.3) is 0 Å². The Morgan fingerprint density at radius 3 is 1.15 bits per heavy atom. The molecule has 0 saturated carbocycles. The number of esters is 1. The summed E-state index contributed by atoms with van der Waals surface area (Å²) in [4.78, 5) is 40.2. The number of hydrogen-bond acceptors (Lipinski definition) is 7. The summed E-state index contributed by atoms with van der Waals surface area (Å²) in [6, 6.07) is -0.896. The average molecular weight is 1160 g/mol. The smallest absolute Gasteiger partial charge is 0.306 e. The second kappa shape index (κ2) is 60.6. The number of ether oxygens (including phenoxy) is 1. The summed E-state index contributed by atoms with van der Waals surface area (Å²) in [6.45, 7) is 6.82. The van der Waals surface area contributed by atoms with Crippen LogP contribution >= 0.6 is 7.82 Å². The lowest BCUT2D eigenvalue weighted by Gasteiger charge is -2.30. The number of unbranched alkanes of at least 4 members (excludes halogenated alkanes) is 36. The van der Waals surface area contributed by atoms with Crippen LogP contribution in [-0.2, 0) is 27.9 Å². The molecule has 0 aliphatic heterocycles. The Labute approximate surface area is 502 Å². The van der Waals surface area contributed by atoms with E-state index < -0.39 is 26.6 Å². The normalized spacial score (nSPS) is 14.0. The Hall–Kier alpha value is -2.55. The number of amides is 1. The Kier molecular flexibility index (Phi) is 58.7. The summed E-state index contributed by atoms with van der Waals surface area (Å²) in [7, 11) is 1.18. The van der Waals surface area contributed by atoms with E-state index in [1.165, 1.54) is 193 Å². The van der Waals surface area contributed by atoms with Gasteiger partial charge in [0.15, 0.2) is 0 Å². The molecule has 3 unspecified atom stereocenters. The van der Waals surface area contributed by atoms with Gasteiger partial charge in [-0.1, -0.05) is 274 Å². The van der Waals surface area contributed by atoms with Crippen LogP contribution in [-0.4, -0.2) is 69.4 Å². The van der Waals surface area contributed by atoms with E-state index >= 15 is 0 Å². The van der Waals surface area contributed by atoms with Crippen molar-refractivity contribution in [1.29, 1.82) is 0 Å². The molecule has 0 aromatic carbocycles. The predicted octanol–water partition coefficient (Wildman–Crippen LogP) is 20.9. The highest BCUT2D eigenvalue weighted by Crippen LogP contribution is 2.38. The first kappa shape index (κ1) is 78.5. The third-order valence-corrected chi connectivity index (χ3v) is 16.1. The van der Waals surface area contributed by atoms with Crippen LogP contribution in [0.15, 0.2) is 72.9 Å². The molecule has 0 heterocycles. The van der Waals surface area contributed by atoms with Crippen LogP contribution in [0.4, 0.5) is 0 Å². The topological polar surface area (TPSA) is 114 Å². The molecule has 81 heavy (non-hydrogen) atoms. The van der Waals surface area contributed by atoms with E-state index in [1.807, 2.05) is 33.3 Å². The molecule has 0 spiro atoms. The van der Waals surface area contributed by atoms with Crippen LogP contribution in [0.1, 0.15) is 316 Å². The monoisotopic (exact) mass is 1150 g/mol. The van der Waals surface area contributed by atoms with Gasteiger partial charge in [-0.3, -0.25) is 14.2 Å². The van der Waals surface area contributed by atoms with Gasteiger partial charge < -0.3 is 28.5 Å². The molecule has 3 atom stereocenters. The number of allylic oxidation sites excluding steroid dienone is 11.